The van der Waals surface area contributed by atoms with Crippen molar-refractivity contribution in [2.45, 2.75) is 32.7 Å². The number of fused-ring (bicyclic) bond motifs is 1. The average Bonchev–Trinajstić information content (AvgIpc) is 2.90. The Balaban J connectivity index is 2.07. The van der Waals surface area contributed by atoms with Gasteiger partial charge in [0.15, 0.2) is 6.61 Å². The molecule has 1 aliphatic rings. The first kappa shape index (κ1) is 16.5. The molecule has 0 aliphatic heterocycles. The topological polar surface area (TPSA) is 72.5 Å². The Morgan fingerprint density at radius 2 is 2.00 bits per heavy atom. The Kier molecular flexibility index (Phi) is 4.28. The Bertz CT molecular complexity index is 793. The number of carboxylic acid groups (broad SMARTS) is 1. The monoisotopic (exact) mass is 329 g/mol. The van der Waals surface area contributed by atoms with E-state index in [0.717, 1.165) is 40.7 Å². The van der Waals surface area contributed by atoms with Crippen LogP contribution in [0.4, 0.5) is 4.39 Å². The summed E-state index contributed by atoms with van der Waals surface area (Å²) in [6.45, 7) is 3.51. The maximum atomic E-state index is 14.1. The van der Waals surface area contributed by atoms with Gasteiger partial charge < -0.3 is 15.6 Å². The lowest BCUT2D eigenvalue weighted by molar-refractivity contribution is -0.139. The molecule has 0 heterocycles. The maximum absolute atomic E-state index is 14.1. The van der Waals surface area contributed by atoms with Gasteiger partial charge in [0, 0.05) is 11.6 Å². The number of halogens is 1. The highest BCUT2D eigenvalue weighted by Gasteiger charge is 2.26. The van der Waals surface area contributed by atoms with Gasteiger partial charge in [-0.3, -0.25) is 0 Å². The molecule has 2 aromatic carbocycles. The first-order valence-electron chi connectivity index (χ1n) is 7.91. The molecule has 1 aliphatic carbocycles. The molecule has 1 atom stereocenters. The lowest BCUT2D eigenvalue weighted by atomic mass is 9.90. The number of hydrogen-bond acceptors (Lipinski definition) is 3. The third-order valence-corrected chi connectivity index (χ3v) is 4.52. The molecule has 3 rings (SSSR count). The van der Waals surface area contributed by atoms with E-state index in [1.54, 1.807) is 6.07 Å². The van der Waals surface area contributed by atoms with E-state index in [1.165, 1.54) is 6.07 Å². The summed E-state index contributed by atoms with van der Waals surface area (Å²) in [6, 6.07) is 6.66. The van der Waals surface area contributed by atoms with Gasteiger partial charge in [0.1, 0.15) is 11.6 Å². The molecule has 5 heteroatoms. The van der Waals surface area contributed by atoms with Crippen molar-refractivity contribution in [2.75, 3.05) is 6.61 Å². The Labute approximate surface area is 140 Å². The molecule has 0 saturated heterocycles. The summed E-state index contributed by atoms with van der Waals surface area (Å²) in [5.74, 6) is -0.734. The van der Waals surface area contributed by atoms with Crippen LogP contribution in [-0.2, 0) is 11.2 Å². The summed E-state index contributed by atoms with van der Waals surface area (Å²) in [5.41, 5.74) is 11.6. The molecule has 24 heavy (non-hydrogen) atoms. The molecule has 3 N–H and O–H groups in total. The first-order valence-corrected chi connectivity index (χ1v) is 7.91. The number of rotatable bonds is 4. The lowest BCUT2D eigenvalue weighted by Gasteiger charge is -2.17. The van der Waals surface area contributed by atoms with E-state index in [1.807, 2.05) is 26.0 Å². The second kappa shape index (κ2) is 6.24. The molecule has 0 amide bonds. The summed E-state index contributed by atoms with van der Waals surface area (Å²) in [4.78, 5) is 10.6. The van der Waals surface area contributed by atoms with Crippen molar-refractivity contribution in [1.29, 1.82) is 0 Å². The highest BCUT2D eigenvalue weighted by atomic mass is 19.1. The van der Waals surface area contributed by atoms with Crippen LogP contribution in [0.25, 0.3) is 11.1 Å². The third kappa shape index (κ3) is 2.87. The number of hydrogen-bond donors (Lipinski definition) is 2. The summed E-state index contributed by atoms with van der Waals surface area (Å²) >= 11 is 0. The SMILES string of the molecule is Cc1cc(OCC(=O)O)cc(C)c1-c1ccc(F)c2c1CC[C@H]2N. The molecule has 0 aromatic heterocycles. The van der Waals surface area contributed by atoms with Crippen molar-refractivity contribution >= 4 is 5.97 Å². The summed E-state index contributed by atoms with van der Waals surface area (Å²) < 4.78 is 19.4. The molecule has 4 nitrogen and oxygen atoms in total. The van der Waals surface area contributed by atoms with Crippen LogP contribution in [0, 0.1) is 19.7 Å². The van der Waals surface area contributed by atoms with E-state index < -0.39 is 5.97 Å². The van der Waals surface area contributed by atoms with E-state index in [4.69, 9.17) is 15.6 Å². The third-order valence-electron chi connectivity index (χ3n) is 4.52. The zero-order chi connectivity index (χ0) is 17.4. The van der Waals surface area contributed by atoms with Crippen molar-refractivity contribution in [3.05, 3.63) is 52.3 Å². The number of ether oxygens (including phenoxy) is 1. The number of benzene rings is 2. The lowest BCUT2D eigenvalue weighted by Crippen LogP contribution is -2.10. The minimum atomic E-state index is -1.01. The van der Waals surface area contributed by atoms with Crippen LogP contribution in [0.15, 0.2) is 24.3 Å². The van der Waals surface area contributed by atoms with Gasteiger partial charge in [0.05, 0.1) is 0 Å². The van der Waals surface area contributed by atoms with Gasteiger partial charge >= 0.3 is 5.97 Å². The van der Waals surface area contributed by atoms with Crippen LogP contribution in [0.1, 0.15) is 34.7 Å². The molecule has 0 fully saturated rings. The van der Waals surface area contributed by atoms with Crippen molar-refractivity contribution in [2.24, 2.45) is 5.73 Å². The van der Waals surface area contributed by atoms with Gasteiger partial charge in [-0.05, 0) is 72.7 Å². The van der Waals surface area contributed by atoms with Crippen molar-refractivity contribution in [1.82, 2.24) is 0 Å². The fourth-order valence-electron chi connectivity index (χ4n) is 3.56. The summed E-state index contributed by atoms with van der Waals surface area (Å²) in [5, 5.41) is 8.73. The molecule has 0 radical (unpaired) electrons. The fraction of sp³-hybridized carbons (Fsp3) is 0.316. The van der Waals surface area contributed by atoms with Gasteiger partial charge in [-0.15, -0.1) is 0 Å². The standard InChI is InChI=1S/C19H20FNO3/c1-10-7-12(24-9-17(22)23)8-11(2)18(10)13-3-5-15(20)19-14(13)4-6-16(19)21/h3,5,7-8,16H,4,6,9,21H2,1-2H3,(H,22,23)/t16-/m1/s1. The van der Waals surface area contributed by atoms with Crippen LogP contribution < -0.4 is 10.5 Å². The molecule has 0 spiro atoms. The number of aryl methyl sites for hydroxylation is 2. The van der Waals surface area contributed by atoms with Crippen molar-refractivity contribution in [3.8, 4) is 16.9 Å². The van der Waals surface area contributed by atoms with E-state index in [2.05, 4.69) is 0 Å². The van der Waals surface area contributed by atoms with Crippen LogP contribution >= 0.6 is 0 Å². The van der Waals surface area contributed by atoms with Gasteiger partial charge in [0.2, 0.25) is 0 Å². The van der Waals surface area contributed by atoms with Crippen molar-refractivity contribution in [3.63, 3.8) is 0 Å². The second-order valence-corrected chi connectivity index (χ2v) is 6.25. The second-order valence-electron chi connectivity index (χ2n) is 6.25. The summed E-state index contributed by atoms with van der Waals surface area (Å²) in [7, 11) is 0. The molecule has 0 unspecified atom stereocenters. The predicted octanol–water partition coefficient (Wildman–Crippen LogP) is 3.52. The number of nitrogens with two attached hydrogens (primary N) is 1. The molecule has 2 aromatic rings. The zero-order valence-electron chi connectivity index (χ0n) is 13.7. The maximum Gasteiger partial charge on any atom is 0.341 e. The number of carbonyl (C=O) groups is 1. The van der Waals surface area contributed by atoms with Crippen LogP contribution in [0.2, 0.25) is 0 Å². The predicted molar refractivity (Wildman–Crippen MR) is 89.7 cm³/mol. The van der Waals surface area contributed by atoms with Crippen LogP contribution in [0.5, 0.6) is 5.75 Å². The zero-order valence-corrected chi connectivity index (χ0v) is 13.7. The normalized spacial score (nSPS) is 16.1. The summed E-state index contributed by atoms with van der Waals surface area (Å²) in [6.07, 6.45) is 1.51. The highest BCUT2D eigenvalue weighted by molar-refractivity contribution is 5.76. The van der Waals surface area contributed by atoms with Crippen molar-refractivity contribution < 1.29 is 19.0 Å². The van der Waals surface area contributed by atoms with Gasteiger partial charge in [-0.25, -0.2) is 9.18 Å². The molecule has 126 valence electrons. The van der Waals surface area contributed by atoms with Crippen LogP contribution in [-0.4, -0.2) is 17.7 Å². The first-order chi connectivity index (χ1) is 11.4. The smallest absolute Gasteiger partial charge is 0.341 e. The Hall–Kier alpha value is -2.40. The van der Waals surface area contributed by atoms with E-state index >= 15 is 0 Å². The van der Waals surface area contributed by atoms with Crippen LogP contribution in [0.3, 0.4) is 0 Å². The van der Waals surface area contributed by atoms with E-state index in [0.29, 0.717) is 11.3 Å². The molecule has 0 bridgehead atoms. The largest absolute Gasteiger partial charge is 0.482 e. The Morgan fingerprint density at radius 3 is 2.62 bits per heavy atom. The van der Waals surface area contributed by atoms with E-state index in [-0.39, 0.29) is 18.5 Å². The fourth-order valence-corrected chi connectivity index (χ4v) is 3.56. The van der Waals surface area contributed by atoms with Gasteiger partial charge in [0.25, 0.3) is 0 Å². The molecular formula is C19H20FNO3. The minimum absolute atomic E-state index is 0.240. The molecule has 0 saturated carbocycles. The molecular weight excluding hydrogens is 309 g/mol. The van der Waals surface area contributed by atoms with E-state index in [9.17, 15) is 9.18 Å². The average molecular weight is 329 g/mol. The highest BCUT2D eigenvalue weighted by Crippen LogP contribution is 2.41. The van der Waals surface area contributed by atoms with Gasteiger partial charge in [-0.1, -0.05) is 6.07 Å². The van der Waals surface area contributed by atoms with Gasteiger partial charge in [-0.2, -0.15) is 0 Å². The quantitative estimate of drug-likeness (QED) is 0.900. The number of aliphatic carboxylic acids is 1. The Morgan fingerprint density at radius 1 is 1.33 bits per heavy atom. The number of carboxylic acids is 1. The minimum Gasteiger partial charge on any atom is -0.482 e.